The minimum absolute atomic E-state index is 0.0288. The Morgan fingerprint density at radius 3 is 2.00 bits per heavy atom. The van der Waals surface area contributed by atoms with Crippen LogP contribution in [0.25, 0.3) is 0 Å². The van der Waals surface area contributed by atoms with Crippen LogP contribution in [0.4, 0.5) is 0 Å². The Bertz CT molecular complexity index is 565. The van der Waals surface area contributed by atoms with Crippen molar-refractivity contribution in [3.63, 3.8) is 0 Å². The van der Waals surface area contributed by atoms with Crippen LogP contribution in [0.1, 0.15) is 25.6 Å². The highest BCUT2D eigenvalue weighted by molar-refractivity contribution is 5.39. The van der Waals surface area contributed by atoms with Crippen LogP contribution >= 0.6 is 0 Å². The molecule has 4 aliphatic heterocycles. The summed E-state index contributed by atoms with van der Waals surface area (Å²) in [7, 11) is 0. The first kappa shape index (κ1) is 13.4. The summed E-state index contributed by atoms with van der Waals surface area (Å²) < 4.78 is 0. The molecule has 4 fully saturated rings. The number of hydrogen-bond donors (Lipinski definition) is 5. The predicted molar refractivity (Wildman–Crippen MR) is 76.1 cm³/mol. The van der Waals surface area contributed by atoms with E-state index in [4.69, 9.17) is 0 Å². The van der Waals surface area contributed by atoms with Crippen molar-refractivity contribution in [3.8, 4) is 11.5 Å². The van der Waals surface area contributed by atoms with E-state index in [0.29, 0.717) is 0 Å². The Balaban J connectivity index is 1.75. The Hall–Kier alpha value is -1.30. The molecule has 0 atom stereocenters. The fourth-order valence-corrected chi connectivity index (χ4v) is 5.47. The van der Waals surface area contributed by atoms with E-state index in [-0.39, 0.29) is 34.6 Å². The van der Waals surface area contributed by atoms with Crippen molar-refractivity contribution in [2.75, 3.05) is 26.2 Å². The van der Waals surface area contributed by atoms with Gasteiger partial charge in [0, 0.05) is 6.07 Å². The molecule has 5 nitrogen and oxygen atoms in total. The molecule has 1 aromatic carbocycles. The van der Waals surface area contributed by atoms with E-state index < -0.39 is 0 Å². The zero-order valence-electron chi connectivity index (χ0n) is 12.6. The summed E-state index contributed by atoms with van der Waals surface area (Å²) in [5.41, 5.74) is 0.857. The number of hydrogen-bond acceptors (Lipinski definition) is 3. The summed E-state index contributed by atoms with van der Waals surface area (Å²) in [5.74, 6) is 0.285. The number of nitrogens with one attached hydrogen (secondary N) is 2. The number of aliphatic hydroxyl groups excluding tert-OH is 1. The second kappa shape index (κ2) is 3.91. The van der Waals surface area contributed by atoms with Crippen LogP contribution in [0, 0.1) is 10.8 Å². The molecule has 0 amide bonds. The van der Waals surface area contributed by atoms with E-state index in [9.17, 15) is 15.3 Å². The highest BCUT2D eigenvalue weighted by Crippen LogP contribution is 2.40. The van der Waals surface area contributed by atoms with Crippen LogP contribution in [0.2, 0.25) is 0 Å². The molecule has 5 N–H and O–H groups in total. The molecule has 0 radical (unpaired) electrons. The summed E-state index contributed by atoms with van der Waals surface area (Å²) in [6, 6.07) is 4.93. The van der Waals surface area contributed by atoms with Crippen molar-refractivity contribution in [3.05, 3.63) is 23.8 Å². The molecule has 5 rings (SSSR count). The molecule has 0 aliphatic carbocycles. The van der Waals surface area contributed by atoms with E-state index in [0.717, 1.165) is 31.7 Å². The van der Waals surface area contributed by atoms with Crippen LogP contribution in [-0.2, 0) is 0 Å². The van der Waals surface area contributed by atoms with Crippen molar-refractivity contribution in [2.24, 2.45) is 10.8 Å². The fourth-order valence-electron chi connectivity index (χ4n) is 5.47. The maximum Gasteiger partial charge on any atom is 0.243 e. The molecule has 0 unspecified atom stereocenters. The van der Waals surface area contributed by atoms with Crippen LogP contribution in [0.15, 0.2) is 18.2 Å². The highest BCUT2D eigenvalue weighted by Gasteiger charge is 2.68. The first-order valence-electron chi connectivity index (χ1n) is 7.72. The second-order valence-corrected chi connectivity index (χ2v) is 7.91. The third kappa shape index (κ3) is 1.68. The van der Waals surface area contributed by atoms with Gasteiger partial charge < -0.3 is 15.3 Å². The van der Waals surface area contributed by atoms with Crippen LogP contribution in [0.3, 0.4) is 0 Å². The number of benzene rings is 1. The third-order valence-corrected chi connectivity index (χ3v) is 5.99. The van der Waals surface area contributed by atoms with Gasteiger partial charge in [0.15, 0.2) is 0 Å². The van der Waals surface area contributed by atoms with Gasteiger partial charge in [-0.1, -0.05) is 0 Å². The van der Waals surface area contributed by atoms with Crippen LogP contribution in [0.5, 0.6) is 11.5 Å². The van der Waals surface area contributed by atoms with Crippen molar-refractivity contribution in [1.82, 2.24) is 0 Å². The van der Waals surface area contributed by atoms with E-state index in [1.807, 2.05) is 6.07 Å². The number of aromatic hydroxyl groups is 2. The molecule has 21 heavy (non-hydrogen) atoms. The van der Waals surface area contributed by atoms with Gasteiger partial charge in [-0.2, -0.15) is 0 Å². The Morgan fingerprint density at radius 2 is 1.52 bits per heavy atom. The largest absolute Gasteiger partial charge is 0.508 e. The molecular formula is C16H24N2O3+2. The minimum Gasteiger partial charge on any atom is -0.508 e. The van der Waals surface area contributed by atoms with Gasteiger partial charge in [-0.3, -0.25) is 9.80 Å². The van der Waals surface area contributed by atoms with Gasteiger partial charge in [0.1, 0.15) is 17.1 Å². The van der Waals surface area contributed by atoms with Crippen LogP contribution < -0.4 is 9.80 Å². The molecule has 0 saturated carbocycles. The second-order valence-electron chi connectivity index (χ2n) is 7.91. The number of rotatable bonds is 1. The number of phenols is 2. The SMILES string of the molecule is CC12C[NH+]3CC(C)(C[NH+](C1)C3c1ccc(O)cc1O)C2O. The molecule has 5 heteroatoms. The first-order valence-corrected chi connectivity index (χ1v) is 7.72. The maximum absolute atomic E-state index is 10.7. The monoisotopic (exact) mass is 292 g/mol. The molecule has 0 spiro atoms. The smallest absolute Gasteiger partial charge is 0.243 e. The van der Waals surface area contributed by atoms with Gasteiger partial charge in [0.25, 0.3) is 0 Å². The fraction of sp³-hybridized carbons (Fsp3) is 0.625. The number of quaternary nitrogens is 2. The summed E-state index contributed by atoms with van der Waals surface area (Å²) >= 11 is 0. The van der Waals surface area contributed by atoms with Gasteiger partial charge in [-0.15, -0.1) is 0 Å². The van der Waals surface area contributed by atoms with Gasteiger partial charge >= 0.3 is 0 Å². The number of aliphatic hydroxyl groups is 1. The Kier molecular flexibility index (Phi) is 2.49. The number of piperidine rings is 2. The standard InChI is InChI=1S/C16H22N2O3/c1-15-6-17-8-16(2,14(15)21)9-18(7-15)13(17)11-4-3-10(19)5-12(11)20/h3-5,13-14,19-21H,6-9H2,1-2H3/p+2. The third-order valence-electron chi connectivity index (χ3n) is 5.99. The van der Waals surface area contributed by atoms with E-state index in [1.54, 1.807) is 6.07 Å². The maximum atomic E-state index is 10.7. The quantitative estimate of drug-likeness (QED) is 0.428. The zero-order chi connectivity index (χ0) is 15.0. The molecule has 1 aromatic rings. The molecule has 0 aromatic heterocycles. The summed E-state index contributed by atoms with van der Waals surface area (Å²) in [4.78, 5) is 2.89. The predicted octanol–water partition coefficient (Wildman–Crippen LogP) is -1.72. The summed E-state index contributed by atoms with van der Waals surface area (Å²) in [5, 5.41) is 30.4. The summed E-state index contributed by atoms with van der Waals surface area (Å²) in [6.07, 6.45) is -0.0221. The minimum atomic E-state index is -0.230. The molecule has 4 heterocycles. The Morgan fingerprint density at radius 1 is 1.00 bits per heavy atom. The van der Waals surface area contributed by atoms with Gasteiger partial charge in [-0.05, 0) is 26.0 Å². The van der Waals surface area contributed by atoms with Crippen molar-refractivity contribution >= 4 is 0 Å². The Labute approximate surface area is 124 Å². The lowest BCUT2D eigenvalue weighted by Crippen LogP contribution is -3.41. The topological polar surface area (TPSA) is 69.6 Å². The molecular weight excluding hydrogens is 268 g/mol. The van der Waals surface area contributed by atoms with Gasteiger partial charge in [-0.25, -0.2) is 0 Å². The van der Waals surface area contributed by atoms with Crippen molar-refractivity contribution in [2.45, 2.75) is 26.1 Å². The number of phenolic OH excluding ortho intramolecular Hbond substituents is 2. The molecule has 4 saturated heterocycles. The normalized spacial score (nSPS) is 47.8. The molecule has 4 bridgehead atoms. The van der Waals surface area contributed by atoms with Crippen molar-refractivity contribution < 1.29 is 25.1 Å². The first-order chi connectivity index (χ1) is 9.82. The summed E-state index contributed by atoms with van der Waals surface area (Å²) in [6.45, 7) is 8.16. The molecule has 114 valence electrons. The lowest BCUT2D eigenvalue weighted by molar-refractivity contribution is -1.19. The lowest BCUT2D eigenvalue weighted by atomic mass is 9.60. The van der Waals surface area contributed by atoms with Crippen LogP contribution in [-0.4, -0.2) is 47.6 Å². The van der Waals surface area contributed by atoms with E-state index in [2.05, 4.69) is 13.8 Å². The average Bonchev–Trinajstić information content (AvgIpc) is 2.36. The van der Waals surface area contributed by atoms with Gasteiger partial charge in [0.05, 0.1) is 43.1 Å². The van der Waals surface area contributed by atoms with Gasteiger partial charge in [0.2, 0.25) is 6.17 Å². The van der Waals surface area contributed by atoms with E-state index in [1.165, 1.54) is 15.9 Å². The zero-order valence-corrected chi connectivity index (χ0v) is 12.6. The van der Waals surface area contributed by atoms with Crippen molar-refractivity contribution in [1.29, 1.82) is 0 Å². The average molecular weight is 292 g/mol. The molecule has 4 aliphatic rings. The highest BCUT2D eigenvalue weighted by atomic mass is 16.3. The van der Waals surface area contributed by atoms with E-state index >= 15 is 0 Å². The lowest BCUT2D eigenvalue weighted by Gasteiger charge is -2.62.